The van der Waals surface area contributed by atoms with E-state index < -0.39 is 17.4 Å². The molecule has 1 fully saturated rings. The number of nitrogens with two attached hydrogens (primary N) is 1. The Labute approximate surface area is 187 Å². The van der Waals surface area contributed by atoms with Gasteiger partial charge in [0.1, 0.15) is 11.9 Å². The van der Waals surface area contributed by atoms with E-state index in [9.17, 15) is 14.4 Å². The molecule has 1 aliphatic rings. The Morgan fingerprint density at radius 1 is 1.34 bits per heavy atom. The molecule has 1 amide bonds. The minimum Gasteiger partial charge on any atom is -0.338 e. The summed E-state index contributed by atoms with van der Waals surface area (Å²) in [5, 5.41) is 12.2. The van der Waals surface area contributed by atoms with Crippen molar-refractivity contribution >= 4 is 11.4 Å². The van der Waals surface area contributed by atoms with Crippen LogP contribution in [0.4, 0.5) is 4.39 Å². The van der Waals surface area contributed by atoms with Crippen LogP contribution < -0.4 is 11.1 Å². The van der Waals surface area contributed by atoms with Gasteiger partial charge in [0.15, 0.2) is 0 Å². The van der Waals surface area contributed by atoms with E-state index in [0.29, 0.717) is 5.56 Å². The molecule has 2 atom stereocenters. The molecule has 7 heteroatoms. The Bertz CT molecular complexity index is 1220. The molecule has 0 spiro atoms. The Balaban J connectivity index is 1.51. The summed E-state index contributed by atoms with van der Waals surface area (Å²) in [7, 11) is 0. The number of hydrogen-bond acceptors (Lipinski definition) is 4. The van der Waals surface area contributed by atoms with Gasteiger partial charge in [-0.1, -0.05) is 18.6 Å². The lowest BCUT2D eigenvalue weighted by atomic mass is 9.71. The van der Waals surface area contributed by atoms with Crippen molar-refractivity contribution in [2.24, 2.45) is 11.7 Å². The van der Waals surface area contributed by atoms with Crippen LogP contribution in [0.15, 0.2) is 36.7 Å². The average molecular weight is 434 g/mol. The van der Waals surface area contributed by atoms with Crippen molar-refractivity contribution in [3.63, 3.8) is 0 Å². The Morgan fingerprint density at radius 3 is 2.72 bits per heavy atom. The van der Waals surface area contributed by atoms with Crippen LogP contribution in [0.2, 0.25) is 0 Å². The zero-order valence-corrected chi connectivity index (χ0v) is 18.7. The Morgan fingerprint density at radius 2 is 2.09 bits per heavy atom. The number of carbonyl (C=O) groups is 1. The van der Waals surface area contributed by atoms with Gasteiger partial charge in [-0.15, -0.1) is 0 Å². The number of halogens is 1. The van der Waals surface area contributed by atoms with Gasteiger partial charge in [-0.3, -0.25) is 9.78 Å². The zero-order chi connectivity index (χ0) is 23.0. The van der Waals surface area contributed by atoms with Gasteiger partial charge in [0, 0.05) is 24.4 Å². The predicted molar refractivity (Wildman–Crippen MR) is 121 cm³/mol. The van der Waals surface area contributed by atoms with Crippen molar-refractivity contribution in [3.8, 4) is 17.2 Å². The summed E-state index contributed by atoms with van der Waals surface area (Å²) in [4.78, 5) is 17.1. The molecule has 166 valence electrons. The molecule has 3 aromatic rings. The number of amides is 1. The predicted octanol–water partition coefficient (Wildman–Crippen LogP) is 3.83. The van der Waals surface area contributed by atoms with Crippen LogP contribution in [0.3, 0.4) is 0 Å². The van der Waals surface area contributed by atoms with E-state index in [0.717, 1.165) is 47.3 Å². The molecule has 1 aliphatic carbocycles. The number of carbonyl (C=O) groups excluding carboxylic acids is 1. The lowest BCUT2D eigenvalue weighted by Gasteiger charge is -2.39. The molecule has 1 saturated carbocycles. The van der Waals surface area contributed by atoms with Crippen molar-refractivity contribution in [1.29, 1.82) is 5.26 Å². The van der Waals surface area contributed by atoms with E-state index in [2.05, 4.69) is 16.4 Å². The first-order valence-corrected chi connectivity index (χ1v) is 10.9. The van der Waals surface area contributed by atoms with Gasteiger partial charge in [0.2, 0.25) is 5.91 Å². The number of nitriles is 1. The fourth-order valence-electron chi connectivity index (χ4n) is 4.33. The third-order valence-corrected chi connectivity index (χ3v) is 6.60. The molecule has 4 rings (SSSR count). The number of aromatic nitrogens is 2. The maximum atomic E-state index is 14.9. The SMILES string of the molecule is Cc1cn2cc(-c3ccc(C[C@@H](C#N)NC(=O)[C@@](C)(N)C4CCC4)c(F)c3)cc2c(C)n1. The first kappa shape index (κ1) is 22.0. The van der Waals surface area contributed by atoms with Crippen LogP contribution >= 0.6 is 0 Å². The number of hydrogen-bond donors (Lipinski definition) is 2. The standard InChI is InChI=1S/C25H28FN5O/c1-15-13-31-14-19(11-23(31)16(2)29-15)17-7-8-18(22(26)10-17)9-21(12-27)30-24(32)25(3,28)20-5-4-6-20/h7-8,10-11,13-14,20-21H,4-6,9,28H2,1-3H3,(H,30,32)/t21-,25-/m0/s1. The highest BCUT2D eigenvalue weighted by Gasteiger charge is 2.41. The third-order valence-electron chi connectivity index (χ3n) is 6.60. The van der Waals surface area contributed by atoms with E-state index in [1.807, 2.05) is 42.8 Å². The molecule has 0 saturated heterocycles. The molecule has 1 aromatic carbocycles. The molecule has 6 nitrogen and oxygen atoms in total. The molecular weight excluding hydrogens is 405 g/mol. The van der Waals surface area contributed by atoms with E-state index >= 15 is 0 Å². The lowest BCUT2D eigenvalue weighted by Crippen LogP contribution is -2.60. The normalized spacial score (nSPS) is 16.8. The van der Waals surface area contributed by atoms with Crippen molar-refractivity contribution in [3.05, 3.63) is 59.4 Å². The molecule has 3 N–H and O–H groups in total. The van der Waals surface area contributed by atoms with Crippen LogP contribution in [0.1, 0.15) is 43.1 Å². The first-order valence-electron chi connectivity index (χ1n) is 10.9. The van der Waals surface area contributed by atoms with Gasteiger partial charge < -0.3 is 15.5 Å². The minimum atomic E-state index is -1.02. The number of benzene rings is 1. The third kappa shape index (κ3) is 4.11. The Hall–Kier alpha value is -3.24. The van der Waals surface area contributed by atoms with Gasteiger partial charge in [0.25, 0.3) is 0 Å². The average Bonchev–Trinajstić information content (AvgIpc) is 3.11. The summed E-state index contributed by atoms with van der Waals surface area (Å²) >= 11 is 0. The molecule has 2 heterocycles. The zero-order valence-electron chi connectivity index (χ0n) is 18.7. The van der Waals surface area contributed by atoms with Crippen LogP contribution in [-0.2, 0) is 11.2 Å². The summed E-state index contributed by atoms with van der Waals surface area (Å²) in [6.07, 6.45) is 6.86. The van der Waals surface area contributed by atoms with Gasteiger partial charge in [-0.05, 0) is 62.8 Å². The number of rotatable bonds is 6. The Kier molecular flexibility index (Phi) is 5.74. The van der Waals surface area contributed by atoms with E-state index in [1.54, 1.807) is 13.0 Å². The number of nitrogens with one attached hydrogen (secondary N) is 1. The second-order valence-corrected chi connectivity index (χ2v) is 9.06. The number of fused-ring (bicyclic) bond motifs is 1. The van der Waals surface area contributed by atoms with Gasteiger partial charge in [-0.25, -0.2) is 4.39 Å². The summed E-state index contributed by atoms with van der Waals surface area (Å²) in [5.41, 5.74) is 10.0. The van der Waals surface area contributed by atoms with Gasteiger partial charge in [-0.2, -0.15) is 5.26 Å². The molecule has 0 aliphatic heterocycles. The molecule has 0 unspecified atom stereocenters. The highest BCUT2D eigenvalue weighted by Crippen LogP contribution is 2.35. The molecule has 0 radical (unpaired) electrons. The van der Waals surface area contributed by atoms with Crippen molar-refractivity contribution in [2.75, 3.05) is 0 Å². The van der Waals surface area contributed by atoms with E-state index in [-0.39, 0.29) is 18.2 Å². The second-order valence-electron chi connectivity index (χ2n) is 9.06. The summed E-state index contributed by atoms with van der Waals surface area (Å²) in [5.74, 6) is -0.642. The lowest BCUT2D eigenvalue weighted by molar-refractivity contribution is -0.129. The second kappa shape index (κ2) is 8.36. The molecule has 32 heavy (non-hydrogen) atoms. The maximum Gasteiger partial charge on any atom is 0.241 e. The molecular formula is C25H28FN5O. The highest BCUT2D eigenvalue weighted by atomic mass is 19.1. The van der Waals surface area contributed by atoms with Gasteiger partial charge >= 0.3 is 0 Å². The molecule has 0 bridgehead atoms. The van der Waals surface area contributed by atoms with E-state index in [4.69, 9.17) is 5.73 Å². The molecule has 2 aromatic heterocycles. The van der Waals surface area contributed by atoms with Gasteiger partial charge in [0.05, 0.1) is 28.5 Å². The fourth-order valence-corrected chi connectivity index (χ4v) is 4.33. The number of nitrogens with zero attached hydrogens (tertiary/aromatic N) is 3. The van der Waals surface area contributed by atoms with Crippen molar-refractivity contribution < 1.29 is 9.18 Å². The quantitative estimate of drug-likeness (QED) is 0.618. The smallest absolute Gasteiger partial charge is 0.241 e. The maximum absolute atomic E-state index is 14.9. The van der Waals surface area contributed by atoms with Crippen LogP contribution in [0.5, 0.6) is 0 Å². The monoisotopic (exact) mass is 433 g/mol. The first-order chi connectivity index (χ1) is 15.2. The summed E-state index contributed by atoms with van der Waals surface area (Å²) in [6, 6.07) is 8.18. The van der Waals surface area contributed by atoms with Crippen LogP contribution in [-0.4, -0.2) is 26.9 Å². The highest BCUT2D eigenvalue weighted by molar-refractivity contribution is 5.86. The van der Waals surface area contributed by atoms with Crippen LogP contribution in [0, 0.1) is 36.9 Å². The van der Waals surface area contributed by atoms with Crippen LogP contribution in [0.25, 0.3) is 16.6 Å². The minimum absolute atomic E-state index is 0.0784. The van der Waals surface area contributed by atoms with Crippen molar-refractivity contribution in [1.82, 2.24) is 14.7 Å². The summed E-state index contributed by atoms with van der Waals surface area (Å²) < 4.78 is 16.9. The fraction of sp³-hybridized carbons (Fsp3) is 0.400. The summed E-state index contributed by atoms with van der Waals surface area (Å²) in [6.45, 7) is 5.59. The number of aryl methyl sites for hydroxylation is 2. The van der Waals surface area contributed by atoms with E-state index in [1.165, 1.54) is 6.07 Å². The largest absolute Gasteiger partial charge is 0.338 e. The van der Waals surface area contributed by atoms with Crippen molar-refractivity contribution in [2.45, 2.75) is 58.0 Å². The topological polar surface area (TPSA) is 96.2 Å².